The van der Waals surface area contributed by atoms with Crippen LogP contribution in [0.4, 0.5) is 4.39 Å². The number of hydrogen-bond acceptors (Lipinski definition) is 2. The zero-order chi connectivity index (χ0) is 12.3. The Hall–Kier alpha value is -1.87. The Morgan fingerprint density at radius 2 is 1.71 bits per heavy atom. The first-order valence-corrected chi connectivity index (χ1v) is 5.29. The molecule has 1 atom stereocenters. The minimum Gasteiger partial charge on any atom is -0.496 e. The molecule has 3 heteroatoms. The van der Waals surface area contributed by atoms with Gasteiger partial charge < -0.3 is 9.84 Å². The first kappa shape index (κ1) is 11.6. The van der Waals surface area contributed by atoms with Crippen LogP contribution in [0.3, 0.4) is 0 Å². The van der Waals surface area contributed by atoms with E-state index in [4.69, 9.17) is 4.74 Å². The lowest BCUT2D eigenvalue weighted by molar-refractivity contribution is 0.214. The molecule has 0 radical (unpaired) electrons. The van der Waals surface area contributed by atoms with Gasteiger partial charge in [-0.25, -0.2) is 4.39 Å². The van der Waals surface area contributed by atoms with Crippen LogP contribution in [0.25, 0.3) is 0 Å². The van der Waals surface area contributed by atoms with Crippen molar-refractivity contribution < 1.29 is 14.2 Å². The summed E-state index contributed by atoms with van der Waals surface area (Å²) in [5.41, 5.74) is 1.30. The van der Waals surface area contributed by atoms with Gasteiger partial charge in [-0.15, -0.1) is 0 Å². The summed E-state index contributed by atoms with van der Waals surface area (Å²) in [5.74, 6) is 0.297. The predicted octanol–water partition coefficient (Wildman–Crippen LogP) is 2.92. The quantitative estimate of drug-likeness (QED) is 0.881. The van der Waals surface area contributed by atoms with Crippen molar-refractivity contribution in [2.75, 3.05) is 7.11 Å². The van der Waals surface area contributed by atoms with Crippen molar-refractivity contribution in [2.24, 2.45) is 0 Å². The smallest absolute Gasteiger partial charge is 0.125 e. The number of methoxy groups -OCH3 is 1. The number of rotatable bonds is 3. The summed E-state index contributed by atoms with van der Waals surface area (Å²) in [6, 6.07) is 13.0. The Kier molecular flexibility index (Phi) is 3.40. The molecule has 0 aromatic heterocycles. The summed E-state index contributed by atoms with van der Waals surface area (Å²) in [7, 11) is 1.55. The van der Waals surface area contributed by atoms with E-state index in [1.54, 1.807) is 31.4 Å². The first-order chi connectivity index (χ1) is 8.22. The Morgan fingerprint density at radius 3 is 2.35 bits per heavy atom. The standard InChI is InChI=1S/C14H13FO2/c1-17-13-5-3-2-4-12(13)14(16)10-6-8-11(15)9-7-10/h2-9,14,16H,1H3. The van der Waals surface area contributed by atoms with Gasteiger partial charge in [-0.3, -0.25) is 0 Å². The Morgan fingerprint density at radius 1 is 1.06 bits per heavy atom. The molecule has 0 spiro atoms. The minimum atomic E-state index is -0.813. The molecule has 1 N–H and O–H groups in total. The van der Waals surface area contributed by atoms with Crippen LogP contribution in [0.2, 0.25) is 0 Å². The molecule has 0 aliphatic rings. The van der Waals surface area contributed by atoms with E-state index in [0.717, 1.165) is 0 Å². The fourth-order valence-electron chi connectivity index (χ4n) is 1.72. The minimum absolute atomic E-state index is 0.319. The molecule has 1 unspecified atom stereocenters. The van der Waals surface area contributed by atoms with Crippen LogP contribution < -0.4 is 4.74 Å². The maximum atomic E-state index is 12.8. The zero-order valence-corrected chi connectivity index (χ0v) is 9.43. The molecule has 0 saturated carbocycles. The molecule has 88 valence electrons. The number of aliphatic hydroxyl groups excluding tert-OH is 1. The average molecular weight is 232 g/mol. The van der Waals surface area contributed by atoms with Crippen molar-refractivity contribution in [3.8, 4) is 5.75 Å². The molecule has 0 aliphatic heterocycles. The van der Waals surface area contributed by atoms with Gasteiger partial charge in [0, 0.05) is 5.56 Å². The average Bonchev–Trinajstić information content (AvgIpc) is 2.39. The van der Waals surface area contributed by atoms with Crippen LogP contribution in [0.15, 0.2) is 48.5 Å². The highest BCUT2D eigenvalue weighted by Gasteiger charge is 2.14. The van der Waals surface area contributed by atoms with Gasteiger partial charge in [0.25, 0.3) is 0 Å². The summed E-state index contributed by atoms with van der Waals surface area (Å²) in [4.78, 5) is 0. The summed E-state index contributed by atoms with van der Waals surface area (Å²) >= 11 is 0. The Labute approximate surface area is 99.3 Å². The molecule has 17 heavy (non-hydrogen) atoms. The summed E-state index contributed by atoms with van der Waals surface area (Å²) < 4.78 is 18.0. The van der Waals surface area contributed by atoms with Gasteiger partial charge in [0.2, 0.25) is 0 Å². The van der Waals surface area contributed by atoms with Gasteiger partial charge in [0.15, 0.2) is 0 Å². The number of benzene rings is 2. The lowest BCUT2D eigenvalue weighted by atomic mass is 10.0. The summed E-state index contributed by atoms with van der Waals surface area (Å²) in [6.45, 7) is 0. The molecule has 0 saturated heterocycles. The summed E-state index contributed by atoms with van der Waals surface area (Å²) in [5, 5.41) is 10.2. The highest BCUT2D eigenvalue weighted by Crippen LogP contribution is 2.29. The number of ether oxygens (including phenoxy) is 1. The number of para-hydroxylation sites is 1. The second-order valence-corrected chi connectivity index (χ2v) is 3.70. The number of halogens is 1. The maximum absolute atomic E-state index is 12.8. The van der Waals surface area contributed by atoms with Gasteiger partial charge in [0.05, 0.1) is 7.11 Å². The Bertz CT molecular complexity index is 494. The molecule has 2 aromatic rings. The van der Waals surface area contributed by atoms with Gasteiger partial charge in [-0.1, -0.05) is 30.3 Å². The van der Waals surface area contributed by atoms with Crippen LogP contribution >= 0.6 is 0 Å². The van der Waals surface area contributed by atoms with E-state index in [1.165, 1.54) is 12.1 Å². The van der Waals surface area contributed by atoms with Crippen molar-refractivity contribution in [1.29, 1.82) is 0 Å². The van der Waals surface area contributed by atoms with Crippen molar-refractivity contribution in [1.82, 2.24) is 0 Å². The maximum Gasteiger partial charge on any atom is 0.125 e. The van der Waals surface area contributed by atoms with Gasteiger partial charge in [-0.2, -0.15) is 0 Å². The largest absolute Gasteiger partial charge is 0.496 e. The van der Waals surface area contributed by atoms with E-state index in [9.17, 15) is 9.50 Å². The first-order valence-electron chi connectivity index (χ1n) is 5.29. The summed E-state index contributed by atoms with van der Waals surface area (Å²) in [6.07, 6.45) is -0.813. The van der Waals surface area contributed by atoms with Gasteiger partial charge >= 0.3 is 0 Å². The molecular formula is C14H13FO2. The van der Waals surface area contributed by atoms with Gasteiger partial charge in [0.1, 0.15) is 17.7 Å². The van der Waals surface area contributed by atoms with Crippen LogP contribution in [-0.4, -0.2) is 12.2 Å². The van der Waals surface area contributed by atoms with Crippen molar-refractivity contribution >= 4 is 0 Å². The second kappa shape index (κ2) is 4.97. The molecule has 0 bridgehead atoms. The molecule has 0 heterocycles. The highest BCUT2D eigenvalue weighted by molar-refractivity contribution is 5.40. The third-order valence-corrected chi connectivity index (χ3v) is 2.62. The van der Waals surface area contributed by atoms with E-state index in [2.05, 4.69) is 0 Å². The fourth-order valence-corrected chi connectivity index (χ4v) is 1.72. The van der Waals surface area contributed by atoms with Crippen LogP contribution in [-0.2, 0) is 0 Å². The third-order valence-electron chi connectivity index (χ3n) is 2.62. The van der Waals surface area contributed by atoms with E-state index in [1.807, 2.05) is 12.1 Å². The van der Waals surface area contributed by atoms with Crippen molar-refractivity contribution in [2.45, 2.75) is 6.10 Å². The van der Waals surface area contributed by atoms with Crippen molar-refractivity contribution in [3.63, 3.8) is 0 Å². The monoisotopic (exact) mass is 232 g/mol. The topological polar surface area (TPSA) is 29.5 Å². The normalized spacial score (nSPS) is 12.2. The van der Waals surface area contributed by atoms with E-state index >= 15 is 0 Å². The lowest BCUT2D eigenvalue weighted by Crippen LogP contribution is -2.02. The molecule has 2 rings (SSSR count). The molecule has 2 nitrogen and oxygen atoms in total. The molecular weight excluding hydrogens is 219 g/mol. The van der Waals surface area contributed by atoms with Crippen LogP contribution in [0.1, 0.15) is 17.2 Å². The van der Waals surface area contributed by atoms with Crippen molar-refractivity contribution in [3.05, 3.63) is 65.5 Å². The highest BCUT2D eigenvalue weighted by atomic mass is 19.1. The van der Waals surface area contributed by atoms with E-state index in [0.29, 0.717) is 16.9 Å². The third kappa shape index (κ3) is 2.45. The number of hydrogen-bond donors (Lipinski definition) is 1. The van der Waals surface area contributed by atoms with Gasteiger partial charge in [-0.05, 0) is 23.8 Å². The van der Waals surface area contributed by atoms with E-state index < -0.39 is 6.10 Å². The molecule has 0 aliphatic carbocycles. The van der Waals surface area contributed by atoms with E-state index in [-0.39, 0.29) is 5.82 Å². The van der Waals surface area contributed by atoms with Crippen LogP contribution in [0, 0.1) is 5.82 Å². The fraction of sp³-hybridized carbons (Fsp3) is 0.143. The molecule has 2 aromatic carbocycles. The molecule has 0 fully saturated rings. The second-order valence-electron chi connectivity index (χ2n) is 3.70. The Balaban J connectivity index is 2.36. The zero-order valence-electron chi connectivity index (χ0n) is 9.43. The number of aliphatic hydroxyl groups is 1. The molecule has 0 amide bonds. The predicted molar refractivity (Wildman–Crippen MR) is 63.5 cm³/mol. The van der Waals surface area contributed by atoms with Crippen LogP contribution in [0.5, 0.6) is 5.75 Å². The SMILES string of the molecule is COc1ccccc1C(O)c1ccc(F)cc1. The lowest BCUT2D eigenvalue weighted by Gasteiger charge is -2.14.